The number of halogens is 6. The van der Waals surface area contributed by atoms with Crippen LogP contribution in [0.2, 0.25) is 0 Å². The van der Waals surface area contributed by atoms with Crippen molar-refractivity contribution >= 4 is 23.7 Å². The fourth-order valence-electron chi connectivity index (χ4n) is 0.976. The molecule has 0 fully saturated rings. The van der Waals surface area contributed by atoms with E-state index >= 15 is 0 Å². The van der Waals surface area contributed by atoms with Gasteiger partial charge in [-0.2, -0.15) is 22.0 Å². The normalized spacial score (nSPS) is 14.4. The van der Waals surface area contributed by atoms with Crippen LogP contribution >= 0.6 is 23.7 Å². The lowest BCUT2D eigenvalue weighted by atomic mass is 10.1. The fourth-order valence-corrected chi connectivity index (χ4v) is 1.89. The van der Waals surface area contributed by atoms with Crippen LogP contribution in [0.1, 0.15) is 15.8 Å². The number of rotatable bonds is 2. The van der Waals surface area contributed by atoms with Gasteiger partial charge in [-0.05, 0) is 19.1 Å². The number of nitrogens with two attached hydrogens (primary N) is 1. The predicted octanol–water partition coefficient (Wildman–Crippen LogP) is 3.68. The maximum atomic E-state index is 12.8. The van der Waals surface area contributed by atoms with Crippen molar-refractivity contribution in [3.63, 3.8) is 0 Å². The zero-order valence-corrected chi connectivity index (χ0v) is 9.65. The molecule has 0 unspecified atom stereocenters. The predicted molar refractivity (Wildman–Crippen MR) is 54.2 cm³/mol. The number of thiophene rings is 1. The molecule has 1 nitrogen and oxygen atoms in total. The van der Waals surface area contributed by atoms with E-state index in [9.17, 15) is 22.0 Å². The van der Waals surface area contributed by atoms with Gasteiger partial charge in [-0.15, -0.1) is 23.7 Å². The summed E-state index contributed by atoms with van der Waals surface area (Å²) in [5.74, 6) is -4.90. The summed E-state index contributed by atoms with van der Waals surface area (Å²) in [4.78, 5) is 0.466. The first-order valence-corrected chi connectivity index (χ1v) is 4.74. The second kappa shape index (κ2) is 4.85. The minimum Gasteiger partial charge on any atom is -0.318 e. The molecule has 1 heterocycles. The first kappa shape index (κ1) is 15.6. The lowest BCUT2D eigenvalue weighted by Gasteiger charge is -2.24. The van der Waals surface area contributed by atoms with Crippen LogP contribution in [0.15, 0.2) is 12.1 Å². The molecule has 8 heteroatoms. The van der Waals surface area contributed by atoms with Crippen molar-refractivity contribution in [2.24, 2.45) is 5.73 Å². The highest BCUT2D eigenvalue weighted by Crippen LogP contribution is 2.44. The Bertz CT molecular complexity index is 348. The smallest absolute Gasteiger partial charge is 0.318 e. The molecule has 0 saturated heterocycles. The first-order valence-electron chi connectivity index (χ1n) is 3.92. The Morgan fingerprint density at radius 1 is 1.19 bits per heavy atom. The highest BCUT2D eigenvalue weighted by atomic mass is 35.5. The molecule has 1 aromatic rings. The second-order valence-electron chi connectivity index (χ2n) is 3.05. The Balaban J connectivity index is 0.00000225. The van der Waals surface area contributed by atoms with Gasteiger partial charge in [-0.25, -0.2) is 0 Å². The molecule has 0 aliphatic carbocycles. The summed E-state index contributed by atoms with van der Waals surface area (Å²) in [5, 5.41) is 0. The minimum atomic E-state index is -5.62. The van der Waals surface area contributed by atoms with Crippen LogP contribution in [0.3, 0.4) is 0 Å². The van der Waals surface area contributed by atoms with E-state index in [1.54, 1.807) is 6.92 Å². The van der Waals surface area contributed by atoms with Crippen LogP contribution in [0, 0.1) is 6.92 Å². The third-order valence-electron chi connectivity index (χ3n) is 1.84. The van der Waals surface area contributed by atoms with Gasteiger partial charge in [0.2, 0.25) is 0 Å². The zero-order valence-electron chi connectivity index (χ0n) is 8.02. The van der Waals surface area contributed by atoms with E-state index in [-0.39, 0.29) is 17.3 Å². The second-order valence-corrected chi connectivity index (χ2v) is 4.37. The van der Waals surface area contributed by atoms with Gasteiger partial charge in [0.1, 0.15) is 6.04 Å². The third-order valence-corrected chi connectivity index (χ3v) is 2.92. The molecule has 2 N–H and O–H groups in total. The van der Waals surface area contributed by atoms with Gasteiger partial charge in [0, 0.05) is 9.75 Å². The molecule has 0 amide bonds. The van der Waals surface area contributed by atoms with Crippen molar-refractivity contribution < 1.29 is 22.0 Å². The van der Waals surface area contributed by atoms with Crippen LogP contribution in [0.5, 0.6) is 0 Å². The molecule has 94 valence electrons. The van der Waals surface area contributed by atoms with Gasteiger partial charge in [0.15, 0.2) is 0 Å². The Morgan fingerprint density at radius 2 is 1.69 bits per heavy atom. The molecule has 0 aliphatic heterocycles. The lowest BCUT2D eigenvalue weighted by Crippen LogP contribution is -2.45. The van der Waals surface area contributed by atoms with Gasteiger partial charge >= 0.3 is 12.1 Å². The monoisotopic (exact) mass is 281 g/mol. The minimum absolute atomic E-state index is 0. The molecule has 1 atom stereocenters. The Labute approximate surface area is 98.9 Å². The summed E-state index contributed by atoms with van der Waals surface area (Å²) in [6.07, 6.45) is -5.62. The number of hydrogen-bond donors (Lipinski definition) is 1. The molecular weight excluding hydrogens is 273 g/mol. The van der Waals surface area contributed by atoms with E-state index in [1.807, 2.05) is 0 Å². The molecule has 16 heavy (non-hydrogen) atoms. The molecular formula is C8H9ClF5NS. The fraction of sp³-hybridized carbons (Fsp3) is 0.500. The van der Waals surface area contributed by atoms with E-state index in [0.29, 0.717) is 4.88 Å². The molecule has 0 bridgehead atoms. The molecule has 0 spiro atoms. The molecule has 1 rings (SSSR count). The maximum Gasteiger partial charge on any atom is 0.455 e. The van der Waals surface area contributed by atoms with Crippen molar-refractivity contribution in [1.29, 1.82) is 0 Å². The summed E-state index contributed by atoms with van der Waals surface area (Å²) in [7, 11) is 0. The van der Waals surface area contributed by atoms with E-state index in [2.05, 4.69) is 0 Å². The highest BCUT2D eigenvalue weighted by molar-refractivity contribution is 7.12. The number of alkyl halides is 5. The maximum absolute atomic E-state index is 12.8. The van der Waals surface area contributed by atoms with E-state index in [0.717, 1.165) is 11.3 Å². The van der Waals surface area contributed by atoms with Crippen molar-refractivity contribution in [3.05, 3.63) is 21.9 Å². The third kappa shape index (κ3) is 2.83. The highest BCUT2D eigenvalue weighted by Gasteiger charge is 2.62. The largest absolute Gasteiger partial charge is 0.455 e. The quantitative estimate of drug-likeness (QED) is 0.822. The summed E-state index contributed by atoms with van der Waals surface area (Å²) in [6, 6.07) is 0.299. The van der Waals surface area contributed by atoms with E-state index in [4.69, 9.17) is 5.73 Å². The standard InChI is InChI=1S/C8H8F5NS.ClH/c1-4-2-3-5(15-4)6(14)7(9,10)8(11,12)13;/h2-3,6H,14H2,1H3;1H/t6-;/m0./s1. The van der Waals surface area contributed by atoms with Crippen LogP contribution in [-0.2, 0) is 0 Å². The lowest BCUT2D eigenvalue weighted by molar-refractivity contribution is -0.290. The number of aryl methyl sites for hydroxylation is 1. The van der Waals surface area contributed by atoms with Crippen molar-refractivity contribution in [2.75, 3.05) is 0 Å². The van der Waals surface area contributed by atoms with E-state index < -0.39 is 18.1 Å². The van der Waals surface area contributed by atoms with Crippen LogP contribution in [0.4, 0.5) is 22.0 Å². The summed E-state index contributed by atoms with van der Waals surface area (Å²) in [6.45, 7) is 1.60. The molecule has 0 aliphatic rings. The van der Waals surface area contributed by atoms with E-state index in [1.165, 1.54) is 12.1 Å². The average Bonchev–Trinajstić information content (AvgIpc) is 2.48. The molecule has 0 radical (unpaired) electrons. The van der Waals surface area contributed by atoms with Gasteiger partial charge in [0.05, 0.1) is 0 Å². The first-order chi connectivity index (χ1) is 6.66. The SMILES string of the molecule is Cc1ccc([C@H](N)C(F)(F)C(F)(F)F)s1.Cl. The van der Waals surface area contributed by atoms with Crippen LogP contribution in [-0.4, -0.2) is 12.1 Å². The zero-order chi connectivity index (χ0) is 11.9. The van der Waals surface area contributed by atoms with Crippen LogP contribution in [0.25, 0.3) is 0 Å². The van der Waals surface area contributed by atoms with Gasteiger partial charge in [-0.1, -0.05) is 0 Å². The van der Waals surface area contributed by atoms with Gasteiger partial charge < -0.3 is 5.73 Å². The Hall–Kier alpha value is -0.400. The molecule has 0 aromatic carbocycles. The summed E-state index contributed by atoms with van der Waals surface area (Å²) < 4.78 is 61.4. The van der Waals surface area contributed by atoms with Crippen molar-refractivity contribution in [1.82, 2.24) is 0 Å². The number of hydrogen-bond acceptors (Lipinski definition) is 2. The van der Waals surface area contributed by atoms with Crippen molar-refractivity contribution in [2.45, 2.75) is 25.1 Å². The summed E-state index contributed by atoms with van der Waals surface area (Å²) in [5.41, 5.74) is 4.91. The Kier molecular flexibility index (Phi) is 4.73. The molecule has 0 saturated carbocycles. The topological polar surface area (TPSA) is 26.0 Å². The molecule has 1 aromatic heterocycles. The van der Waals surface area contributed by atoms with Gasteiger partial charge in [-0.3, -0.25) is 0 Å². The average molecular weight is 282 g/mol. The summed E-state index contributed by atoms with van der Waals surface area (Å²) >= 11 is 0.834. The van der Waals surface area contributed by atoms with Gasteiger partial charge in [0.25, 0.3) is 0 Å². The van der Waals surface area contributed by atoms with Crippen LogP contribution < -0.4 is 5.73 Å². The Morgan fingerprint density at radius 3 is 2.00 bits per heavy atom. The van der Waals surface area contributed by atoms with Crippen molar-refractivity contribution in [3.8, 4) is 0 Å².